The van der Waals surface area contributed by atoms with E-state index >= 15 is 0 Å². The molecule has 1 heterocycles. The second-order valence-corrected chi connectivity index (χ2v) is 7.19. The highest BCUT2D eigenvalue weighted by Gasteiger charge is 2.23. The minimum atomic E-state index is -1.01. The molecule has 3 rings (SSSR count). The highest BCUT2D eigenvalue weighted by molar-refractivity contribution is 5.84. The number of nitrogens with one attached hydrogen (secondary N) is 1. The van der Waals surface area contributed by atoms with Gasteiger partial charge in [-0.2, -0.15) is 0 Å². The van der Waals surface area contributed by atoms with Crippen molar-refractivity contribution >= 4 is 11.9 Å². The molecule has 0 unspecified atom stereocenters. The van der Waals surface area contributed by atoms with E-state index in [2.05, 4.69) is 27.2 Å². The number of carboxylic acid groups (broad SMARTS) is 1. The highest BCUT2D eigenvalue weighted by atomic mass is 16.4. The van der Waals surface area contributed by atoms with Gasteiger partial charge in [-0.1, -0.05) is 60.7 Å². The van der Waals surface area contributed by atoms with Crippen molar-refractivity contribution < 1.29 is 14.7 Å². The van der Waals surface area contributed by atoms with E-state index < -0.39 is 12.0 Å². The second kappa shape index (κ2) is 10.0. The van der Waals surface area contributed by atoms with Gasteiger partial charge in [0.05, 0.1) is 6.54 Å². The van der Waals surface area contributed by atoms with E-state index in [4.69, 9.17) is 0 Å². The molecule has 0 spiro atoms. The van der Waals surface area contributed by atoms with Crippen LogP contribution in [-0.2, 0) is 22.6 Å². The Bertz CT molecular complexity index is 759. The number of carbonyl (C=O) groups excluding carboxylic acids is 1. The molecular weight excluding hydrogens is 354 g/mol. The van der Waals surface area contributed by atoms with Gasteiger partial charge in [-0.25, -0.2) is 4.79 Å². The summed E-state index contributed by atoms with van der Waals surface area (Å²) in [5, 5.41) is 12.1. The summed E-state index contributed by atoms with van der Waals surface area (Å²) in [6.45, 7) is 4.55. The third kappa shape index (κ3) is 6.18. The predicted molar refractivity (Wildman–Crippen MR) is 108 cm³/mol. The monoisotopic (exact) mass is 381 g/mol. The van der Waals surface area contributed by atoms with Crippen LogP contribution in [0.3, 0.4) is 0 Å². The van der Waals surface area contributed by atoms with Crippen molar-refractivity contribution in [3.05, 3.63) is 71.8 Å². The molecular formula is C22H27N3O3. The van der Waals surface area contributed by atoms with Crippen LogP contribution < -0.4 is 5.32 Å². The molecule has 2 aromatic rings. The standard InChI is InChI=1S/C22H27N3O3/c26-21(23-20(22(27)28)15-18-7-3-1-4-8-18)17-25-13-11-24(12-14-25)16-19-9-5-2-6-10-19/h1-10,20H,11-17H2,(H,23,26)(H,27,28)/t20-/m0/s1. The van der Waals surface area contributed by atoms with Crippen molar-refractivity contribution in [1.29, 1.82) is 0 Å². The van der Waals surface area contributed by atoms with Gasteiger partial charge in [-0.3, -0.25) is 14.6 Å². The van der Waals surface area contributed by atoms with E-state index in [1.807, 2.05) is 48.5 Å². The summed E-state index contributed by atoms with van der Waals surface area (Å²) in [4.78, 5) is 28.3. The molecule has 0 aromatic heterocycles. The lowest BCUT2D eigenvalue weighted by atomic mass is 10.1. The zero-order valence-electron chi connectivity index (χ0n) is 16.0. The summed E-state index contributed by atoms with van der Waals surface area (Å²) in [5.41, 5.74) is 2.18. The Morgan fingerprint density at radius 2 is 1.39 bits per heavy atom. The molecule has 1 amide bonds. The molecule has 6 nitrogen and oxygen atoms in total. The molecule has 1 saturated heterocycles. The molecule has 6 heteroatoms. The van der Waals surface area contributed by atoms with Crippen LogP contribution in [0.1, 0.15) is 11.1 Å². The molecule has 1 aliphatic heterocycles. The molecule has 0 radical (unpaired) electrons. The molecule has 0 aliphatic carbocycles. The highest BCUT2D eigenvalue weighted by Crippen LogP contribution is 2.08. The summed E-state index contributed by atoms with van der Waals surface area (Å²) in [6.07, 6.45) is 0.284. The smallest absolute Gasteiger partial charge is 0.326 e. The molecule has 1 aliphatic rings. The first-order valence-corrected chi connectivity index (χ1v) is 9.65. The summed E-state index contributed by atoms with van der Waals surface area (Å²) in [5.74, 6) is -1.25. The third-order valence-electron chi connectivity index (χ3n) is 5.00. The number of rotatable bonds is 8. The van der Waals surface area contributed by atoms with E-state index in [1.165, 1.54) is 5.56 Å². The molecule has 0 bridgehead atoms. The quantitative estimate of drug-likeness (QED) is 0.727. The lowest BCUT2D eigenvalue weighted by molar-refractivity contribution is -0.142. The van der Waals surface area contributed by atoms with Crippen LogP contribution in [0.25, 0.3) is 0 Å². The fourth-order valence-electron chi connectivity index (χ4n) is 3.44. The maximum absolute atomic E-state index is 12.4. The van der Waals surface area contributed by atoms with Crippen molar-refractivity contribution in [1.82, 2.24) is 15.1 Å². The SMILES string of the molecule is O=C(CN1CCN(Cc2ccccc2)CC1)N[C@@H](Cc1ccccc1)C(=O)O. The van der Waals surface area contributed by atoms with Crippen LogP contribution in [0.2, 0.25) is 0 Å². The first kappa shape index (κ1) is 20.0. The van der Waals surface area contributed by atoms with E-state index in [9.17, 15) is 14.7 Å². The Balaban J connectivity index is 1.43. The Labute approximate surface area is 165 Å². The van der Waals surface area contributed by atoms with Gasteiger partial charge in [0.25, 0.3) is 0 Å². The van der Waals surface area contributed by atoms with Crippen molar-refractivity contribution in [2.75, 3.05) is 32.7 Å². The van der Waals surface area contributed by atoms with E-state index in [1.54, 1.807) is 0 Å². The molecule has 1 fully saturated rings. The van der Waals surface area contributed by atoms with Crippen LogP contribution in [-0.4, -0.2) is 65.5 Å². The minimum absolute atomic E-state index is 0.234. The van der Waals surface area contributed by atoms with E-state index in [-0.39, 0.29) is 18.9 Å². The van der Waals surface area contributed by atoms with Crippen LogP contribution in [0, 0.1) is 0 Å². The summed E-state index contributed by atoms with van der Waals surface area (Å²) in [7, 11) is 0. The topological polar surface area (TPSA) is 72.9 Å². The van der Waals surface area contributed by atoms with Gasteiger partial charge in [0.2, 0.25) is 5.91 Å². The number of carboxylic acids is 1. The van der Waals surface area contributed by atoms with E-state index in [0.717, 1.165) is 38.3 Å². The Morgan fingerprint density at radius 1 is 0.857 bits per heavy atom. The zero-order chi connectivity index (χ0) is 19.8. The lowest BCUT2D eigenvalue weighted by Crippen LogP contribution is -2.51. The Kier molecular flexibility index (Phi) is 7.17. The number of carbonyl (C=O) groups is 2. The maximum Gasteiger partial charge on any atom is 0.326 e. The number of hydrogen-bond donors (Lipinski definition) is 2. The molecule has 1 atom stereocenters. The van der Waals surface area contributed by atoms with Gasteiger partial charge < -0.3 is 10.4 Å². The number of nitrogens with zero attached hydrogens (tertiary/aromatic N) is 2. The second-order valence-electron chi connectivity index (χ2n) is 7.19. The zero-order valence-corrected chi connectivity index (χ0v) is 16.0. The van der Waals surface area contributed by atoms with Gasteiger partial charge in [-0.05, 0) is 11.1 Å². The number of piperazine rings is 1. The summed E-state index contributed by atoms with van der Waals surface area (Å²) < 4.78 is 0. The molecule has 2 aromatic carbocycles. The van der Waals surface area contributed by atoms with Crippen molar-refractivity contribution in [2.45, 2.75) is 19.0 Å². The van der Waals surface area contributed by atoms with Crippen LogP contribution in [0.15, 0.2) is 60.7 Å². The fourth-order valence-corrected chi connectivity index (χ4v) is 3.44. The number of hydrogen-bond acceptors (Lipinski definition) is 4. The van der Waals surface area contributed by atoms with Crippen molar-refractivity contribution in [3.63, 3.8) is 0 Å². The van der Waals surface area contributed by atoms with Crippen molar-refractivity contribution in [3.8, 4) is 0 Å². The normalized spacial score (nSPS) is 16.4. The molecule has 28 heavy (non-hydrogen) atoms. The van der Waals surface area contributed by atoms with Gasteiger partial charge in [0.15, 0.2) is 0 Å². The minimum Gasteiger partial charge on any atom is -0.480 e. The fraction of sp³-hybridized carbons (Fsp3) is 0.364. The summed E-state index contributed by atoms with van der Waals surface area (Å²) in [6, 6.07) is 18.8. The van der Waals surface area contributed by atoms with Gasteiger partial charge >= 0.3 is 5.97 Å². The summed E-state index contributed by atoms with van der Waals surface area (Å²) >= 11 is 0. The van der Waals surface area contributed by atoms with Gasteiger partial charge in [0.1, 0.15) is 6.04 Å². The van der Waals surface area contributed by atoms with Gasteiger partial charge in [0, 0.05) is 39.1 Å². The van der Waals surface area contributed by atoms with Gasteiger partial charge in [-0.15, -0.1) is 0 Å². The van der Waals surface area contributed by atoms with Crippen molar-refractivity contribution in [2.24, 2.45) is 0 Å². The van der Waals surface area contributed by atoms with Crippen LogP contribution >= 0.6 is 0 Å². The number of benzene rings is 2. The lowest BCUT2D eigenvalue weighted by Gasteiger charge is -2.34. The average Bonchev–Trinajstić information content (AvgIpc) is 2.70. The first-order chi connectivity index (χ1) is 13.6. The molecule has 2 N–H and O–H groups in total. The number of amides is 1. The largest absolute Gasteiger partial charge is 0.480 e. The van der Waals surface area contributed by atoms with Crippen LogP contribution in [0.5, 0.6) is 0 Å². The average molecular weight is 381 g/mol. The Hall–Kier alpha value is -2.70. The molecule has 148 valence electrons. The maximum atomic E-state index is 12.4. The number of aliphatic carboxylic acids is 1. The molecule has 0 saturated carbocycles. The van der Waals surface area contributed by atoms with E-state index in [0.29, 0.717) is 0 Å². The van der Waals surface area contributed by atoms with Crippen LogP contribution in [0.4, 0.5) is 0 Å². The third-order valence-corrected chi connectivity index (χ3v) is 5.00. The predicted octanol–water partition coefficient (Wildman–Crippen LogP) is 1.62. The Morgan fingerprint density at radius 3 is 1.96 bits per heavy atom. The first-order valence-electron chi connectivity index (χ1n) is 9.65.